The number of anilines is 1. The Kier molecular flexibility index (Phi) is 5.45. The zero-order valence-electron chi connectivity index (χ0n) is 17.7. The van der Waals surface area contributed by atoms with E-state index in [1.165, 1.54) is 4.90 Å². The molecular weight excluding hydrogens is 434 g/mol. The molecule has 3 heterocycles. The van der Waals surface area contributed by atoms with Gasteiger partial charge in [0, 0.05) is 17.8 Å². The fraction of sp³-hybridized carbons (Fsp3) is 0.565. The molecule has 5 rings (SSSR count). The summed E-state index contributed by atoms with van der Waals surface area (Å²) >= 11 is 6.43. The number of halogens is 1. The number of hydrogen-bond acceptors (Lipinski definition) is 5. The highest BCUT2D eigenvalue weighted by Gasteiger charge is 2.54. The summed E-state index contributed by atoms with van der Waals surface area (Å²) in [5, 5.41) is -0.467. The minimum absolute atomic E-state index is 0.0337. The molecule has 3 fully saturated rings. The molecular formula is C23H26ClN3O5. The Morgan fingerprint density at radius 2 is 1.91 bits per heavy atom. The molecule has 4 aliphatic rings. The molecule has 0 radical (unpaired) electrons. The van der Waals surface area contributed by atoms with Crippen LogP contribution in [0.15, 0.2) is 18.2 Å². The molecule has 3 aliphatic heterocycles. The summed E-state index contributed by atoms with van der Waals surface area (Å²) in [5.74, 6) is -1.22. The molecule has 1 aromatic carbocycles. The molecule has 2 saturated heterocycles. The van der Waals surface area contributed by atoms with Crippen LogP contribution in [-0.2, 0) is 25.5 Å². The quantitative estimate of drug-likeness (QED) is 0.684. The maximum absolute atomic E-state index is 14.0. The molecule has 1 saturated carbocycles. The Labute approximate surface area is 191 Å². The molecule has 3 amide bonds. The SMILES string of the molecule is NC(=O)c1ccc2c(c1)N([C@H](C(=O)N1C[C@H](Cl)[C@H]3OCC(=O)[C@H]31)C1CCCCC1)C(=O)C2. The number of alkyl halides is 1. The Balaban J connectivity index is 1.55. The number of rotatable bonds is 4. The second kappa shape index (κ2) is 8.15. The highest BCUT2D eigenvalue weighted by atomic mass is 35.5. The number of Topliss-reactive ketones (excluding diaryl/α,β-unsaturated/α-hetero) is 1. The number of carbonyl (C=O) groups is 4. The van der Waals surface area contributed by atoms with Gasteiger partial charge in [-0.1, -0.05) is 25.3 Å². The topological polar surface area (TPSA) is 110 Å². The van der Waals surface area contributed by atoms with Crippen LogP contribution in [0.4, 0.5) is 5.69 Å². The van der Waals surface area contributed by atoms with Gasteiger partial charge in [-0.05, 0) is 36.5 Å². The average molecular weight is 460 g/mol. The van der Waals surface area contributed by atoms with E-state index in [9.17, 15) is 19.2 Å². The van der Waals surface area contributed by atoms with Gasteiger partial charge in [0.05, 0.1) is 11.8 Å². The number of ketones is 1. The fourth-order valence-corrected chi connectivity index (χ4v) is 6.10. The molecule has 0 unspecified atom stereocenters. The normalized spacial score (nSPS) is 28.7. The Morgan fingerprint density at radius 1 is 1.16 bits per heavy atom. The van der Waals surface area contributed by atoms with E-state index in [0.29, 0.717) is 11.3 Å². The van der Waals surface area contributed by atoms with Crippen molar-refractivity contribution in [1.29, 1.82) is 0 Å². The molecule has 0 bridgehead atoms. The van der Waals surface area contributed by atoms with Crippen LogP contribution in [0.25, 0.3) is 0 Å². The molecule has 1 aliphatic carbocycles. The third-order valence-corrected chi connectivity index (χ3v) is 7.66. The fourth-order valence-electron chi connectivity index (χ4n) is 5.74. The van der Waals surface area contributed by atoms with Crippen molar-refractivity contribution in [2.75, 3.05) is 18.1 Å². The smallest absolute Gasteiger partial charge is 0.248 e. The molecule has 0 aromatic heterocycles. The third-order valence-electron chi connectivity index (χ3n) is 7.27. The van der Waals surface area contributed by atoms with E-state index in [-0.39, 0.29) is 43.1 Å². The highest BCUT2D eigenvalue weighted by molar-refractivity contribution is 6.22. The zero-order valence-corrected chi connectivity index (χ0v) is 18.4. The van der Waals surface area contributed by atoms with E-state index >= 15 is 0 Å². The van der Waals surface area contributed by atoms with Gasteiger partial charge >= 0.3 is 0 Å². The van der Waals surface area contributed by atoms with E-state index in [1.807, 2.05) is 0 Å². The van der Waals surface area contributed by atoms with Crippen LogP contribution in [0.1, 0.15) is 48.0 Å². The Hall–Kier alpha value is -2.45. The van der Waals surface area contributed by atoms with Crippen LogP contribution in [0.2, 0.25) is 0 Å². The van der Waals surface area contributed by atoms with Crippen LogP contribution in [0.3, 0.4) is 0 Å². The first-order valence-corrected chi connectivity index (χ1v) is 11.6. The van der Waals surface area contributed by atoms with E-state index < -0.39 is 29.5 Å². The van der Waals surface area contributed by atoms with Crippen molar-refractivity contribution in [3.8, 4) is 0 Å². The van der Waals surface area contributed by atoms with Crippen molar-refractivity contribution in [2.45, 2.75) is 62.1 Å². The van der Waals surface area contributed by atoms with E-state index in [4.69, 9.17) is 22.1 Å². The molecule has 170 valence electrons. The maximum Gasteiger partial charge on any atom is 0.248 e. The van der Waals surface area contributed by atoms with Gasteiger partial charge in [-0.3, -0.25) is 24.1 Å². The van der Waals surface area contributed by atoms with Crippen LogP contribution in [0.5, 0.6) is 0 Å². The van der Waals surface area contributed by atoms with Gasteiger partial charge in [-0.25, -0.2) is 0 Å². The van der Waals surface area contributed by atoms with Gasteiger partial charge in [0.15, 0.2) is 5.78 Å². The minimum Gasteiger partial charge on any atom is -0.366 e. The molecule has 32 heavy (non-hydrogen) atoms. The standard InChI is InChI=1S/C23H26ClN3O5/c24-15-10-26(20-17(28)11-32-21(15)20)23(31)19(12-4-2-1-3-5-12)27-16-8-14(22(25)30)7-6-13(16)9-18(27)29/h6-8,12,15,19-21H,1-5,9-11H2,(H2,25,30)/t15-,19-,20+,21+/m0/s1. The van der Waals surface area contributed by atoms with Crippen molar-refractivity contribution < 1.29 is 23.9 Å². The number of amides is 3. The number of fused-ring (bicyclic) bond motifs is 2. The number of nitrogens with two attached hydrogens (primary N) is 1. The van der Waals surface area contributed by atoms with Crippen molar-refractivity contribution in [2.24, 2.45) is 11.7 Å². The monoisotopic (exact) mass is 459 g/mol. The molecule has 2 N–H and O–H groups in total. The second-order valence-electron chi connectivity index (χ2n) is 9.18. The first-order chi connectivity index (χ1) is 15.4. The molecule has 8 nitrogen and oxygen atoms in total. The average Bonchev–Trinajstić information content (AvgIpc) is 3.43. The lowest BCUT2D eigenvalue weighted by molar-refractivity contribution is -0.140. The summed E-state index contributed by atoms with van der Waals surface area (Å²) in [7, 11) is 0. The number of primary amides is 1. The number of benzene rings is 1. The molecule has 1 aromatic rings. The van der Waals surface area contributed by atoms with E-state index in [1.54, 1.807) is 23.1 Å². The number of hydrogen-bond donors (Lipinski definition) is 1. The summed E-state index contributed by atoms with van der Waals surface area (Å²) in [6.45, 7) is 0.158. The predicted octanol–water partition coefficient (Wildman–Crippen LogP) is 1.41. The summed E-state index contributed by atoms with van der Waals surface area (Å²) < 4.78 is 5.54. The van der Waals surface area contributed by atoms with Crippen LogP contribution < -0.4 is 10.6 Å². The summed E-state index contributed by atoms with van der Waals surface area (Å²) in [6.07, 6.45) is 4.36. The van der Waals surface area contributed by atoms with Crippen molar-refractivity contribution in [3.63, 3.8) is 0 Å². The molecule has 4 atom stereocenters. The predicted molar refractivity (Wildman–Crippen MR) is 116 cm³/mol. The van der Waals surface area contributed by atoms with Gasteiger partial charge in [0.1, 0.15) is 24.8 Å². The summed E-state index contributed by atoms with van der Waals surface area (Å²) in [6, 6.07) is 3.48. The zero-order chi connectivity index (χ0) is 22.6. The minimum atomic E-state index is -0.747. The first-order valence-electron chi connectivity index (χ1n) is 11.2. The van der Waals surface area contributed by atoms with E-state index in [2.05, 4.69) is 0 Å². The first kappa shape index (κ1) is 21.4. The number of likely N-dealkylation sites (tertiary alicyclic amines) is 1. The number of carbonyl (C=O) groups excluding carboxylic acids is 4. The van der Waals surface area contributed by atoms with Gasteiger partial charge in [0.25, 0.3) is 0 Å². The van der Waals surface area contributed by atoms with Crippen molar-refractivity contribution in [3.05, 3.63) is 29.3 Å². The molecule has 9 heteroatoms. The van der Waals surface area contributed by atoms with Crippen LogP contribution in [0, 0.1) is 5.92 Å². The lowest BCUT2D eigenvalue weighted by Gasteiger charge is -2.39. The Morgan fingerprint density at radius 3 is 2.62 bits per heavy atom. The number of nitrogens with zero attached hydrogens (tertiary/aromatic N) is 2. The van der Waals surface area contributed by atoms with Crippen molar-refractivity contribution >= 4 is 40.8 Å². The van der Waals surface area contributed by atoms with Gasteiger partial charge < -0.3 is 15.4 Å². The van der Waals surface area contributed by atoms with Crippen LogP contribution >= 0.6 is 11.6 Å². The van der Waals surface area contributed by atoms with Crippen LogP contribution in [-0.4, -0.2) is 65.1 Å². The lowest BCUT2D eigenvalue weighted by atomic mass is 9.82. The Bertz CT molecular complexity index is 992. The summed E-state index contributed by atoms with van der Waals surface area (Å²) in [5.41, 5.74) is 7.09. The third kappa shape index (κ3) is 3.40. The van der Waals surface area contributed by atoms with E-state index in [0.717, 1.165) is 37.7 Å². The lowest BCUT2D eigenvalue weighted by Crippen LogP contribution is -2.56. The second-order valence-corrected chi connectivity index (χ2v) is 9.75. The van der Waals surface area contributed by atoms with Gasteiger partial charge in [-0.15, -0.1) is 11.6 Å². The highest BCUT2D eigenvalue weighted by Crippen LogP contribution is 2.40. The molecule has 0 spiro atoms. The maximum atomic E-state index is 14.0. The van der Waals surface area contributed by atoms with Gasteiger partial charge in [0.2, 0.25) is 17.7 Å². The largest absolute Gasteiger partial charge is 0.366 e. The number of ether oxygens (including phenoxy) is 1. The van der Waals surface area contributed by atoms with Gasteiger partial charge in [-0.2, -0.15) is 0 Å². The van der Waals surface area contributed by atoms with Crippen molar-refractivity contribution in [1.82, 2.24) is 4.90 Å². The summed E-state index contributed by atoms with van der Waals surface area (Å²) in [4.78, 5) is 54.6.